The molecule has 106 valence electrons. The van der Waals surface area contributed by atoms with E-state index in [0.29, 0.717) is 24.1 Å². The van der Waals surface area contributed by atoms with Gasteiger partial charge in [-0.25, -0.2) is 0 Å². The van der Waals surface area contributed by atoms with E-state index in [1.807, 2.05) is 51.1 Å². The van der Waals surface area contributed by atoms with Crippen LogP contribution in [0.25, 0.3) is 0 Å². The van der Waals surface area contributed by atoms with Crippen LogP contribution in [0.15, 0.2) is 42.5 Å². The maximum atomic E-state index is 5.86. The molecule has 2 rings (SSSR count). The lowest BCUT2D eigenvalue weighted by Crippen LogP contribution is -2.24. The van der Waals surface area contributed by atoms with Crippen molar-refractivity contribution in [2.24, 2.45) is 0 Å². The first kappa shape index (κ1) is 14.2. The third-order valence-electron chi connectivity index (χ3n) is 2.50. The third kappa shape index (κ3) is 4.16. The minimum Gasteiger partial charge on any atom is -0.473 e. The second-order valence-corrected chi connectivity index (χ2v) is 5.53. The smallest absolute Gasteiger partial charge is 0.241 e. The summed E-state index contributed by atoms with van der Waals surface area (Å²) in [7, 11) is 0. The summed E-state index contributed by atoms with van der Waals surface area (Å²) in [5, 5.41) is 0. The zero-order valence-corrected chi connectivity index (χ0v) is 12.1. The van der Waals surface area contributed by atoms with Gasteiger partial charge in [0.25, 0.3) is 0 Å². The molecule has 0 saturated heterocycles. The monoisotopic (exact) mass is 272 g/mol. The van der Waals surface area contributed by atoms with E-state index in [9.17, 15) is 0 Å². The van der Waals surface area contributed by atoms with E-state index in [1.165, 1.54) is 0 Å². The normalized spacial score (nSPS) is 11.2. The molecule has 0 aliphatic rings. The number of nitrogens with zero attached hydrogens (tertiary/aromatic N) is 1. The van der Waals surface area contributed by atoms with Crippen LogP contribution in [0.5, 0.6) is 11.8 Å². The Balaban J connectivity index is 2.07. The number of hydrogen-bond donors (Lipinski definition) is 1. The van der Waals surface area contributed by atoms with Crippen molar-refractivity contribution in [3.8, 4) is 11.8 Å². The second kappa shape index (κ2) is 5.82. The van der Waals surface area contributed by atoms with Gasteiger partial charge >= 0.3 is 0 Å². The molecule has 0 saturated carbocycles. The number of nitrogen functional groups attached to an aromatic ring is 1. The van der Waals surface area contributed by atoms with E-state index < -0.39 is 0 Å². The van der Waals surface area contributed by atoms with Crippen LogP contribution in [0.2, 0.25) is 0 Å². The van der Waals surface area contributed by atoms with Gasteiger partial charge in [0.2, 0.25) is 11.8 Å². The highest BCUT2D eigenvalue weighted by molar-refractivity contribution is 5.49. The van der Waals surface area contributed by atoms with Crippen molar-refractivity contribution in [2.75, 3.05) is 5.73 Å². The molecule has 0 aliphatic carbocycles. The fourth-order valence-corrected chi connectivity index (χ4v) is 1.62. The van der Waals surface area contributed by atoms with E-state index >= 15 is 0 Å². The van der Waals surface area contributed by atoms with Crippen LogP contribution in [-0.4, -0.2) is 10.6 Å². The summed E-state index contributed by atoms with van der Waals surface area (Å²) in [4.78, 5) is 4.30. The van der Waals surface area contributed by atoms with Gasteiger partial charge in [-0.3, -0.25) is 0 Å². The quantitative estimate of drug-likeness (QED) is 0.926. The Morgan fingerprint density at radius 3 is 2.40 bits per heavy atom. The minimum atomic E-state index is -0.348. The number of hydrogen-bond acceptors (Lipinski definition) is 4. The van der Waals surface area contributed by atoms with E-state index in [4.69, 9.17) is 15.2 Å². The molecule has 1 aromatic carbocycles. The summed E-state index contributed by atoms with van der Waals surface area (Å²) in [5.41, 5.74) is 7.11. The van der Waals surface area contributed by atoms with Gasteiger partial charge in [0.1, 0.15) is 12.2 Å². The Bertz CT molecular complexity index is 562. The van der Waals surface area contributed by atoms with E-state index in [-0.39, 0.29) is 5.60 Å². The SMILES string of the molecule is CC(C)(C)Oc1nc(OCc2ccccc2)ccc1N. The van der Waals surface area contributed by atoms with Crippen molar-refractivity contribution < 1.29 is 9.47 Å². The van der Waals surface area contributed by atoms with Crippen LogP contribution in [0.3, 0.4) is 0 Å². The molecule has 0 spiro atoms. The predicted octanol–water partition coefficient (Wildman–Crippen LogP) is 3.42. The number of aromatic nitrogens is 1. The van der Waals surface area contributed by atoms with Gasteiger partial charge in [0, 0.05) is 6.07 Å². The Hall–Kier alpha value is -2.23. The van der Waals surface area contributed by atoms with Crippen molar-refractivity contribution in [1.82, 2.24) is 4.98 Å². The van der Waals surface area contributed by atoms with Crippen molar-refractivity contribution in [2.45, 2.75) is 33.0 Å². The van der Waals surface area contributed by atoms with Gasteiger partial charge in [0.15, 0.2) is 0 Å². The van der Waals surface area contributed by atoms with Gasteiger partial charge in [-0.05, 0) is 32.4 Å². The van der Waals surface area contributed by atoms with Crippen LogP contribution >= 0.6 is 0 Å². The molecule has 1 heterocycles. The molecule has 0 bridgehead atoms. The molecule has 2 aromatic rings. The number of anilines is 1. The lowest BCUT2D eigenvalue weighted by Gasteiger charge is -2.21. The second-order valence-electron chi connectivity index (χ2n) is 5.53. The number of rotatable bonds is 4. The van der Waals surface area contributed by atoms with Crippen LogP contribution < -0.4 is 15.2 Å². The summed E-state index contributed by atoms with van der Waals surface area (Å²) in [6.07, 6.45) is 0. The molecular formula is C16H20N2O2. The fourth-order valence-electron chi connectivity index (χ4n) is 1.62. The number of ether oxygens (including phenoxy) is 2. The highest BCUT2D eigenvalue weighted by Gasteiger charge is 2.15. The molecule has 4 nitrogen and oxygen atoms in total. The molecule has 1 aromatic heterocycles. The number of nitrogens with two attached hydrogens (primary N) is 1. The molecular weight excluding hydrogens is 252 g/mol. The lowest BCUT2D eigenvalue weighted by molar-refractivity contribution is 0.123. The van der Waals surface area contributed by atoms with Crippen LogP contribution in [-0.2, 0) is 6.61 Å². The van der Waals surface area contributed by atoms with Crippen LogP contribution in [0.1, 0.15) is 26.3 Å². The zero-order valence-electron chi connectivity index (χ0n) is 12.1. The van der Waals surface area contributed by atoms with Crippen molar-refractivity contribution in [3.63, 3.8) is 0 Å². The fraction of sp³-hybridized carbons (Fsp3) is 0.312. The minimum absolute atomic E-state index is 0.348. The maximum absolute atomic E-state index is 5.86. The standard InChI is InChI=1S/C16H20N2O2/c1-16(2,3)20-15-13(17)9-10-14(18-15)19-11-12-7-5-4-6-8-12/h4-10H,11,17H2,1-3H3. The Kier molecular flexibility index (Phi) is 4.13. The highest BCUT2D eigenvalue weighted by atomic mass is 16.5. The summed E-state index contributed by atoms with van der Waals surface area (Å²) >= 11 is 0. The molecule has 0 fully saturated rings. The lowest BCUT2D eigenvalue weighted by atomic mass is 10.2. The average Bonchev–Trinajstić information content (AvgIpc) is 2.39. The van der Waals surface area contributed by atoms with Gasteiger partial charge in [-0.1, -0.05) is 30.3 Å². The maximum Gasteiger partial charge on any atom is 0.241 e. The molecule has 0 atom stereocenters. The van der Waals surface area contributed by atoms with Gasteiger partial charge in [-0.2, -0.15) is 4.98 Å². The molecule has 0 amide bonds. The van der Waals surface area contributed by atoms with Gasteiger partial charge < -0.3 is 15.2 Å². The highest BCUT2D eigenvalue weighted by Crippen LogP contribution is 2.26. The van der Waals surface area contributed by atoms with E-state index in [0.717, 1.165) is 5.56 Å². The molecule has 0 radical (unpaired) electrons. The molecule has 20 heavy (non-hydrogen) atoms. The molecule has 0 aliphatic heterocycles. The van der Waals surface area contributed by atoms with Crippen LogP contribution in [0.4, 0.5) is 5.69 Å². The number of benzene rings is 1. The third-order valence-corrected chi connectivity index (χ3v) is 2.50. The summed E-state index contributed by atoms with van der Waals surface area (Å²) < 4.78 is 11.4. The topological polar surface area (TPSA) is 57.4 Å². The van der Waals surface area contributed by atoms with Crippen molar-refractivity contribution in [3.05, 3.63) is 48.0 Å². The first-order valence-corrected chi connectivity index (χ1v) is 6.56. The van der Waals surface area contributed by atoms with Gasteiger partial charge in [0.05, 0.1) is 5.69 Å². The van der Waals surface area contributed by atoms with E-state index in [1.54, 1.807) is 12.1 Å². The predicted molar refractivity (Wildman–Crippen MR) is 79.8 cm³/mol. The van der Waals surface area contributed by atoms with E-state index in [2.05, 4.69) is 4.98 Å². The molecule has 0 unspecified atom stereocenters. The number of pyridine rings is 1. The Morgan fingerprint density at radius 1 is 1.05 bits per heavy atom. The summed E-state index contributed by atoms with van der Waals surface area (Å²) in [6, 6.07) is 13.4. The first-order valence-electron chi connectivity index (χ1n) is 6.56. The summed E-state index contributed by atoms with van der Waals surface area (Å²) in [5.74, 6) is 0.908. The first-order chi connectivity index (χ1) is 9.44. The summed E-state index contributed by atoms with van der Waals surface area (Å²) in [6.45, 7) is 6.32. The van der Waals surface area contributed by atoms with Gasteiger partial charge in [-0.15, -0.1) is 0 Å². The molecule has 4 heteroatoms. The Morgan fingerprint density at radius 2 is 1.75 bits per heavy atom. The largest absolute Gasteiger partial charge is 0.473 e. The van der Waals surface area contributed by atoms with Crippen LogP contribution in [0, 0.1) is 0 Å². The van der Waals surface area contributed by atoms with Crippen molar-refractivity contribution in [1.29, 1.82) is 0 Å². The Labute approximate surface area is 119 Å². The molecule has 2 N–H and O–H groups in total. The van der Waals surface area contributed by atoms with Crippen molar-refractivity contribution >= 4 is 5.69 Å². The zero-order chi connectivity index (χ0) is 14.6. The average molecular weight is 272 g/mol.